The van der Waals surface area contributed by atoms with Gasteiger partial charge >= 0.3 is 5.97 Å². The molecule has 130 valence electrons. The van der Waals surface area contributed by atoms with Crippen LogP contribution in [-0.4, -0.2) is 29.1 Å². The second kappa shape index (κ2) is 9.39. The first-order chi connectivity index (χ1) is 11.4. The van der Waals surface area contributed by atoms with E-state index in [4.69, 9.17) is 4.74 Å². The van der Waals surface area contributed by atoms with Gasteiger partial charge in [-0.25, -0.2) is 5.43 Å². The number of nitrogens with one attached hydrogen (secondary N) is 1. The number of benzene rings is 1. The smallest absolute Gasteiger partial charge is 0.314 e. The quantitative estimate of drug-likeness (QED) is 0.340. The van der Waals surface area contributed by atoms with Gasteiger partial charge in [0.1, 0.15) is 0 Å². The first-order valence-electron chi connectivity index (χ1n) is 7.66. The summed E-state index contributed by atoms with van der Waals surface area (Å²) in [4.78, 5) is 34.1. The molecule has 0 spiro atoms. The summed E-state index contributed by atoms with van der Waals surface area (Å²) in [6.45, 7) is 5.55. The number of hydrogen-bond donors (Lipinski definition) is 1. The van der Waals surface area contributed by atoms with E-state index in [0.717, 1.165) is 12.5 Å². The fraction of sp³-hybridized carbons (Fsp3) is 0.438. The van der Waals surface area contributed by atoms with E-state index >= 15 is 0 Å². The molecule has 1 aromatic rings. The molecule has 0 saturated heterocycles. The van der Waals surface area contributed by atoms with Gasteiger partial charge in [0.25, 0.3) is 11.6 Å². The van der Waals surface area contributed by atoms with Crippen molar-refractivity contribution in [3.05, 3.63) is 39.9 Å². The zero-order valence-corrected chi connectivity index (χ0v) is 13.9. The minimum Gasteiger partial charge on any atom is -0.465 e. The topological polar surface area (TPSA) is 111 Å². The lowest BCUT2D eigenvalue weighted by molar-refractivity contribution is -0.384. The van der Waals surface area contributed by atoms with Gasteiger partial charge in [0.15, 0.2) is 0 Å². The molecule has 1 atom stereocenters. The number of ether oxygens (including phenoxy) is 1. The number of hydrogen-bond acceptors (Lipinski definition) is 6. The lowest BCUT2D eigenvalue weighted by atomic mass is 9.99. The van der Waals surface area contributed by atoms with E-state index in [2.05, 4.69) is 10.5 Å². The van der Waals surface area contributed by atoms with E-state index < -0.39 is 16.7 Å². The van der Waals surface area contributed by atoms with Crippen molar-refractivity contribution >= 4 is 23.3 Å². The summed E-state index contributed by atoms with van der Waals surface area (Å²) in [5.74, 6) is -1.50. The van der Waals surface area contributed by atoms with Crippen molar-refractivity contribution in [1.29, 1.82) is 0 Å². The summed E-state index contributed by atoms with van der Waals surface area (Å²) >= 11 is 0. The zero-order valence-electron chi connectivity index (χ0n) is 13.9. The fourth-order valence-electron chi connectivity index (χ4n) is 2.07. The number of nitro benzene ring substituents is 1. The van der Waals surface area contributed by atoms with Crippen LogP contribution >= 0.6 is 0 Å². The van der Waals surface area contributed by atoms with Gasteiger partial charge in [-0.3, -0.25) is 19.7 Å². The molecule has 1 rings (SSSR count). The molecule has 1 amide bonds. The van der Waals surface area contributed by atoms with Crippen LogP contribution in [0.4, 0.5) is 5.69 Å². The lowest BCUT2D eigenvalue weighted by Crippen LogP contribution is -2.28. The number of nitro groups is 1. The van der Waals surface area contributed by atoms with Crippen LogP contribution in [0.15, 0.2) is 29.4 Å². The third-order valence-electron chi connectivity index (χ3n) is 3.31. The molecule has 0 aliphatic rings. The molecule has 24 heavy (non-hydrogen) atoms. The predicted octanol–water partition coefficient (Wildman–Crippen LogP) is 2.68. The van der Waals surface area contributed by atoms with E-state index in [0.29, 0.717) is 12.1 Å². The highest BCUT2D eigenvalue weighted by Crippen LogP contribution is 2.14. The molecule has 1 aromatic carbocycles. The molecule has 1 N–H and O–H groups in total. The third kappa shape index (κ3) is 5.45. The summed E-state index contributed by atoms with van der Waals surface area (Å²) in [7, 11) is 0. The van der Waals surface area contributed by atoms with Crippen molar-refractivity contribution in [2.75, 3.05) is 6.61 Å². The summed E-state index contributed by atoms with van der Waals surface area (Å²) in [6, 6.07) is 5.32. The molecule has 1 unspecified atom stereocenters. The summed E-state index contributed by atoms with van der Waals surface area (Å²) < 4.78 is 5.00. The Balaban J connectivity index is 2.84. The van der Waals surface area contributed by atoms with Crippen molar-refractivity contribution in [1.82, 2.24) is 5.43 Å². The summed E-state index contributed by atoms with van der Waals surface area (Å²) in [5.41, 5.74) is 2.68. The van der Waals surface area contributed by atoms with Crippen LogP contribution in [0, 0.1) is 16.0 Å². The highest BCUT2D eigenvalue weighted by atomic mass is 16.6. The van der Waals surface area contributed by atoms with Crippen molar-refractivity contribution in [3.8, 4) is 0 Å². The number of carbonyl (C=O) groups is 2. The van der Waals surface area contributed by atoms with Gasteiger partial charge in [-0.15, -0.1) is 0 Å². The maximum Gasteiger partial charge on any atom is 0.314 e. The van der Waals surface area contributed by atoms with Crippen LogP contribution in [-0.2, 0) is 9.53 Å². The maximum atomic E-state index is 12.0. The van der Waals surface area contributed by atoms with Gasteiger partial charge < -0.3 is 4.74 Å². The van der Waals surface area contributed by atoms with Crippen molar-refractivity contribution in [2.45, 2.75) is 33.6 Å². The van der Waals surface area contributed by atoms with Crippen LogP contribution in [0.2, 0.25) is 0 Å². The van der Waals surface area contributed by atoms with Gasteiger partial charge in [0, 0.05) is 23.4 Å². The lowest BCUT2D eigenvalue weighted by Gasteiger charge is -2.14. The predicted molar refractivity (Wildman–Crippen MR) is 88.7 cm³/mol. The molecule has 0 fully saturated rings. The zero-order chi connectivity index (χ0) is 18.1. The molecule has 0 aliphatic heterocycles. The highest BCUT2D eigenvalue weighted by molar-refractivity contribution is 6.02. The number of non-ortho nitro benzene ring substituents is 1. The Morgan fingerprint density at radius 2 is 2.08 bits per heavy atom. The monoisotopic (exact) mass is 335 g/mol. The third-order valence-corrected chi connectivity index (χ3v) is 3.31. The highest BCUT2D eigenvalue weighted by Gasteiger charge is 2.22. The van der Waals surface area contributed by atoms with Crippen LogP contribution in [0.1, 0.15) is 44.0 Å². The maximum absolute atomic E-state index is 12.0. The Bertz CT molecular complexity index is 642. The van der Waals surface area contributed by atoms with Crippen molar-refractivity contribution in [2.24, 2.45) is 11.0 Å². The summed E-state index contributed by atoms with van der Waals surface area (Å²) in [6.07, 6.45) is 1.32. The molecule has 0 aromatic heterocycles. The Labute approximate surface area is 140 Å². The van der Waals surface area contributed by atoms with Crippen LogP contribution in [0.3, 0.4) is 0 Å². The average molecular weight is 335 g/mol. The SMILES string of the molecule is CCCC(C(=O)OCC)/C(C)=N/NC(=O)c1cccc([N+](=O)[O-])c1. The van der Waals surface area contributed by atoms with Crippen molar-refractivity contribution < 1.29 is 19.2 Å². The van der Waals surface area contributed by atoms with Gasteiger partial charge in [-0.1, -0.05) is 19.4 Å². The second-order valence-corrected chi connectivity index (χ2v) is 5.09. The van der Waals surface area contributed by atoms with E-state index in [1.165, 1.54) is 18.2 Å². The normalized spacial score (nSPS) is 12.4. The van der Waals surface area contributed by atoms with Crippen molar-refractivity contribution in [3.63, 3.8) is 0 Å². The Morgan fingerprint density at radius 3 is 2.67 bits per heavy atom. The number of amides is 1. The number of esters is 1. The van der Waals surface area contributed by atoms with Crippen LogP contribution in [0.5, 0.6) is 0 Å². The van der Waals surface area contributed by atoms with Crippen LogP contribution < -0.4 is 5.43 Å². The molecular formula is C16H21N3O5. The first-order valence-corrected chi connectivity index (χ1v) is 7.66. The number of carbonyl (C=O) groups excluding carboxylic acids is 2. The fourth-order valence-corrected chi connectivity index (χ4v) is 2.07. The number of nitrogens with zero attached hydrogens (tertiary/aromatic N) is 2. The Hall–Kier alpha value is -2.77. The largest absolute Gasteiger partial charge is 0.465 e. The van der Waals surface area contributed by atoms with Crippen LogP contribution in [0.25, 0.3) is 0 Å². The molecule has 8 heteroatoms. The molecule has 0 heterocycles. The van der Waals surface area contributed by atoms with E-state index in [1.54, 1.807) is 13.8 Å². The van der Waals surface area contributed by atoms with Gasteiger partial charge in [0.05, 0.1) is 17.4 Å². The molecule has 0 radical (unpaired) electrons. The molecular weight excluding hydrogens is 314 g/mol. The standard InChI is InChI=1S/C16H21N3O5/c1-4-7-14(16(21)24-5-2)11(3)17-18-15(20)12-8-6-9-13(10-12)19(22)23/h6,8-10,14H,4-5,7H2,1-3H3,(H,18,20)/b17-11+. The van der Waals surface area contributed by atoms with E-state index in [-0.39, 0.29) is 23.8 Å². The van der Waals surface area contributed by atoms with E-state index in [1.807, 2.05) is 6.92 Å². The van der Waals surface area contributed by atoms with Gasteiger partial charge in [0.2, 0.25) is 0 Å². The molecule has 0 bridgehead atoms. The van der Waals surface area contributed by atoms with Gasteiger partial charge in [-0.05, 0) is 26.3 Å². The minimum atomic E-state index is -0.586. The average Bonchev–Trinajstić information content (AvgIpc) is 2.57. The molecule has 0 saturated carbocycles. The minimum absolute atomic E-state index is 0.115. The Morgan fingerprint density at radius 1 is 1.38 bits per heavy atom. The first kappa shape index (κ1) is 19.3. The van der Waals surface area contributed by atoms with Gasteiger partial charge in [-0.2, -0.15) is 5.10 Å². The summed E-state index contributed by atoms with van der Waals surface area (Å²) in [5, 5.41) is 14.7. The Kier molecular flexibility index (Phi) is 7.54. The second-order valence-electron chi connectivity index (χ2n) is 5.09. The van der Waals surface area contributed by atoms with E-state index in [9.17, 15) is 19.7 Å². The molecule has 8 nitrogen and oxygen atoms in total. The number of rotatable bonds is 8. The number of hydrazone groups is 1. The molecule has 0 aliphatic carbocycles.